The molecule has 7 atom stereocenters. The maximum absolute atomic E-state index is 14.3. The lowest BCUT2D eigenvalue weighted by Gasteiger charge is -2.58. The molecule has 4 rings (SSSR count). The van der Waals surface area contributed by atoms with Crippen LogP contribution in [0.3, 0.4) is 0 Å². The summed E-state index contributed by atoms with van der Waals surface area (Å²) < 4.78 is 20.1. The molecule has 0 aromatic rings. The summed E-state index contributed by atoms with van der Waals surface area (Å²) in [6, 6.07) is 0. The molecule has 4 aliphatic carbocycles. The van der Waals surface area contributed by atoms with Gasteiger partial charge in [0.05, 0.1) is 0 Å². The standard InChI is InChI=1S/C22H31FO3/c1-4-20(25)26-19-8-7-15-14-6-5-13-11-18(24)17(23)12-22(13,3)16(14)9-10-21(15,19)2/h11,14-17,19H,4-10,12H2,1-3H3/t14-,15+,16-,17+,19+,21-,22-/m0/s1. The highest BCUT2D eigenvalue weighted by atomic mass is 19.1. The molecule has 0 N–H and O–H groups in total. The average molecular weight is 362 g/mol. The van der Waals surface area contributed by atoms with Crippen LogP contribution < -0.4 is 0 Å². The highest BCUT2D eigenvalue weighted by Gasteiger charge is 2.60. The summed E-state index contributed by atoms with van der Waals surface area (Å²) >= 11 is 0. The van der Waals surface area contributed by atoms with Crippen molar-refractivity contribution in [2.75, 3.05) is 0 Å². The lowest BCUT2D eigenvalue weighted by molar-refractivity contribution is -0.159. The Hall–Kier alpha value is -1.19. The van der Waals surface area contributed by atoms with E-state index in [4.69, 9.17) is 4.74 Å². The molecule has 0 spiro atoms. The number of ketones is 1. The van der Waals surface area contributed by atoms with Crippen molar-refractivity contribution in [3.63, 3.8) is 0 Å². The van der Waals surface area contributed by atoms with Crippen LogP contribution in [0.15, 0.2) is 11.6 Å². The van der Waals surface area contributed by atoms with Gasteiger partial charge in [0.25, 0.3) is 0 Å². The minimum absolute atomic E-state index is 0.0347. The van der Waals surface area contributed by atoms with Gasteiger partial charge in [0, 0.05) is 11.8 Å². The van der Waals surface area contributed by atoms with Gasteiger partial charge >= 0.3 is 5.97 Å². The molecule has 26 heavy (non-hydrogen) atoms. The molecule has 0 aromatic heterocycles. The van der Waals surface area contributed by atoms with Gasteiger partial charge in [0.2, 0.25) is 0 Å². The molecule has 144 valence electrons. The number of allylic oxidation sites excluding steroid dienone is 1. The minimum atomic E-state index is -1.34. The maximum Gasteiger partial charge on any atom is 0.305 e. The van der Waals surface area contributed by atoms with Crippen molar-refractivity contribution in [1.29, 1.82) is 0 Å². The number of fused-ring (bicyclic) bond motifs is 5. The number of ether oxygens (including phenoxy) is 1. The molecule has 0 aliphatic heterocycles. The number of carbonyl (C=O) groups excluding carboxylic acids is 2. The number of hydrogen-bond donors (Lipinski definition) is 0. The first-order chi connectivity index (χ1) is 12.3. The van der Waals surface area contributed by atoms with E-state index in [1.807, 2.05) is 6.92 Å². The van der Waals surface area contributed by atoms with E-state index < -0.39 is 6.17 Å². The van der Waals surface area contributed by atoms with Gasteiger partial charge in [0.15, 0.2) is 12.0 Å². The first-order valence-electron chi connectivity index (χ1n) is 10.4. The van der Waals surface area contributed by atoms with Gasteiger partial charge in [-0.15, -0.1) is 0 Å². The molecule has 0 saturated heterocycles. The van der Waals surface area contributed by atoms with Gasteiger partial charge in [-0.1, -0.05) is 26.3 Å². The first-order valence-corrected chi connectivity index (χ1v) is 10.4. The molecule has 0 unspecified atom stereocenters. The Bertz CT molecular complexity index is 656. The van der Waals surface area contributed by atoms with Crippen molar-refractivity contribution in [3.8, 4) is 0 Å². The van der Waals surface area contributed by atoms with E-state index in [2.05, 4.69) is 13.8 Å². The van der Waals surface area contributed by atoms with E-state index in [0.29, 0.717) is 30.6 Å². The van der Waals surface area contributed by atoms with E-state index in [-0.39, 0.29) is 28.7 Å². The summed E-state index contributed by atoms with van der Waals surface area (Å²) in [6.07, 6.45) is 7.27. The Morgan fingerprint density at radius 1 is 1.23 bits per heavy atom. The molecule has 0 radical (unpaired) electrons. The second kappa shape index (κ2) is 6.17. The van der Waals surface area contributed by atoms with Gasteiger partial charge < -0.3 is 4.74 Å². The van der Waals surface area contributed by atoms with Crippen molar-refractivity contribution < 1.29 is 18.7 Å². The van der Waals surface area contributed by atoms with Crippen molar-refractivity contribution in [1.82, 2.24) is 0 Å². The molecule has 0 amide bonds. The Balaban J connectivity index is 1.60. The first kappa shape index (κ1) is 18.2. The molecular formula is C22H31FO3. The topological polar surface area (TPSA) is 43.4 Å². The Labute approximate surface area is 155 Å². The van der Waals surface area contributed by atoms with Crippen LogP contribution in [-0.2, 0) is 14.3 Å². The number of carbonyl (C=O) groups is 2. The van der Waals surface area contributed by atoms with Crippen LogP contribution in [0.4, 0.5) is 4.39 Å². The van der Waals surface area contributed by atoms with Crippen LogP contribution in [0.5, 0.6) is 0 Å². The van der Waals surface area contributed by atoms with Crippen LogP contribution in [0.2, 0.25) is 0 Å². The molecule has 0 aromatic carbocycles. The van der Waals surface area contributed by atoms with Crippen LogP contribution in [-0.4, -0.2) is 24.0 Å². The fourth-order valence-corrected chi connectivity index (χ4v) is 6.97. The smallest absolute Gasteiger partial charge is 0.305 e. The predicted molar refractivity (Wildman–Crippen MR) is 97.2 cm³/mol. The fraction of sp³-hybridized carbons (Fsp3) is 0.818. The maximum atomic E-state index is 14.3. The second-order valence-corrected chi connectivity index (χ2v) is 9.53. The van der Waals surface area contributed by atoms with Crippen LogP contribution in [0, 0.1) is 28.6 Å². The van der Waals surface area contributed by atoms with Crippen LogP contribution in [0.25, 0.3) is 0 Å². The zero-order valence-corrected chi connectivity index (χ0v) is 16.2. The largest absolute Gasteiger partial charge is 0.462 e. The SMILES string of the molecule is CCC(=O)O[C@@H]1CC[C@@H]2[C@@H]3CCC4=CC(=O)[C@H](F)C[C@]4(C)[C@H]3CC[C@@]21C. The molecule has 0 bridgehead atoms. The summed E-state index contributed by atoms with van der Waals surface area (Å²) in [6.45, 7) is 6.35. The van der Waals surface area contributed by atoms with E-state index in [0.717, 1.165) is 38.5 Å². The molecule has 3 fully saturated rings. The van der Waals surface area contributed by atoms with Gasteiger partial charge in [0.1, 0.15) is 6.10 Å². The summed E-state index contributed by atoms with van der Waals surface area (Å²) in [5, 5.41) is 0. The molecule has 4 heteroatoms. The number of alkyl halides is 1. The Kier molecular flexibility index (Phi) is 4.32. The molecule has 0 heterocycles. The minimum Gasteiger partial charge on any atom is -0.462 e. The Morgan fingerprint density at radius 3 is 2.73 bits per heavy atom. The summed E-state index contributed by atoms with van der Waals surface area (Å²) in [4.78, 5) is 23.7. The van der Waals surface area contributed by atoms with Crippen molar-refractivity contribution in [2.45, 2.75) is 84.4 Å². The van der Waals surface area contributed by atoms with E-state index >= 15 is 0 Å². The number of hydrogen-bond acceptors (Lipinski definition) is 3. The molecule has 4 aliphatic rings. The quantitative estimate of drug-likeness (QED) is 0.664. The van der Waals surface area contributed by atoms with Gasteiger partial charge in [-0.3, -0.25) is 9.59 Å². The second-order valence-electron chi connectivity index (χ2n) is 9.53. The monoisotopic (exact) mass is 362 g/mol. The zero-order chi connectivity index (χ0) is 18.7. The molecule has 3 saturated carbocycles. The van der Waals surface area contributed by atoms with Crippen LogP contribution >= 0.6 is 0 Å². The fourth-order valence-electron chi connectivity index (χ4n) is 6.97. The van der Waals surface area contributed by atoms with Crippen molar-refractivity contribution >= 4 is 11.8 Å². The van der Waals surface area contributed by atoms with Gasteiger partial charge in [-0.2, -0.15) is 0 Å². The van der Waals surface area contributed by atoms with E-state index in [9.17, 15) is 14.0 Å². The third-order valence-corrected chi connectivity index (χ3v) is 8.44. The van der Waals surface area contributed by atoms with Gasteiger partial charge in [-0.25, -0.2) is 4.39 Å². The highest BCUT2D eigenvalue weighted by molar-refractivity contribution is 5.95. The third-order valence-electron chi connectivity index (χ3n) is 8.44. The molecular weight excluding hydrogens is 331 g/mol. The zero-order valence-electron chi connectivity index (χ0n) is 16.2. The third kappa shape index (κ3) is 2.51. The van der Waals surface area contributed by atoms with E-state index in [1.165, 1.54) is 5.57 Å². The number of rotatable bonds is 2. The highest BCUT2D eigenvalue weighted by Crippen LogP contribution is 2.65. The number of esters is 1. The van der Waals surface area contributed by atoms with Crippen LogP contribution in [0.1, 0.15) is 72.1 Å². The summed E-state index contributed by atoms with van der Waals surface area (Å²) in [7, 11) is 0. The van der Waals surface area contributed by atoms with Gasteiger partial charge in [-0.05, 0) is 74.2 Å². The normalized spacial score (nSPS) is 47.5. The summed E-state index contributed by atoms with van der Waals surface area (Å²) in [5.41, 5.74) is 1.08. The van der Waals surface area contributed by atoms with E-state index in [1.54, 1.807) is 6.08 Å². The predicted octanol–water partition coefficient (Wildman–Crippen LogP) is 4.79. The summed E-state index contributed by atoms with van der Waals surface area (Å²) in [5.74, 6) is 1.13. The average Bonchev–Trinajstić information content (AvgIpc) is 2.93. The molecule has 3 nitrogen and oxygen atoms in total. The van der Waals surface area contributed by atoms with Crippen molar-refractivity contribution in [2.24, 2.45) is 28.6 Å². The number of halogens is 1. The lowest BCUT2D eigenvalue weighted by atomic mass is 9.47. The lowest BCUT2D eigenvalue weighted by Crippen LogP contribution is -2.52. The Morgan fingerprint density at radius 2 is 2.00 bits per heavy atom. The van der Waals surface area contributed by atoms with Crippen molar-refractivity contribution in [3.05, 3.63) is 11.6 Å².